The van der Waals surface area contributed by atoms with Crippen LogP contribution in [0.5, 0.6) is 11.5 Å². The van der Waals surface area contributed by atoms with E-state index in [4.69, 9.17) is 21.0 Å². The molecule has 2 amide bonds. The van der Waals surface area contributed by atoms with E-state index in [0.717, 1.165) is 18.4 Å². The zero-order valence-electron chi connectivity index (χ0n) is 17.4. The lowest BCUT2D eigenvalue weighted by Gasteiger charge is -2.30. The molecule has 0 radical (unpaired) electrons. The number of carbonyl (C=O) groups excluding carboxylic acids is 2. The molecular weight excluding hydrogens is 408 g/mol. The Morgan fingerprint density at radius 2 is 1.69 bits per heavy atom. The third-order valence-corrected chi connectivity index (χ3v) is 5.44. The van der Waals surface area contributed by atoms with Crippen LogP contribution in [0.1, 0.15) is 34.7 Å². The summed E-state index contributed by atoms with van der Waals surface area (Å²) in [5, 5.41) is 1.57. The first kappa shape index (κ1) is 21.3. The van der Waals surface area contributed by atoms with Crippen molar-refractivity contribution in [3.8, 4) is 22.8 Å². The molecule has 1 aliphatic rings. The van der Waals surface area contributed by atoms with Crippen molar-refractivity contribution in [1.29, 1.82) is 0 Å². The molecule has 164 valence electrons. The van der Waals surface area contributed by atoms with Crippen molar-refractivity contribution < 1.29 is 19.2 Å². The van der Waals surface area contributed by atoms with Gasteiger partial charge in [0, 0.05) is 24.2 Å². The van der Waals surface area contributed by atoms with Crippen molar-refractivity contribution in [1.82, 2.24) is 10.0 Å². The lowest BCUT2D eigenvalue weighted by atomic mass is 9.87. The maximum absolute atomic E-state index is 12.0. The summed E-state index contributed by atoms with van der Waals surface area (Å²) < 4.78 is 5.80. The van der Waals surface area contributed by atoms with Crippen LogP contribution >= 0.6 is 0 Å². The maximum atomic E-state index is 12.0. The molecule has 32 heavy (non-hydrogen) atoms. The summed E-state index contributed by atoms with van der Waals surface area (Å²) in [5.41, 5.74) is 13.5. The summed E-state index contributed by atoms with van der Waals surface area (Å²) in [5.74, 6) is 1.05. The molecule has 0 atom stereocenters. The van der Waals surface area contributed by atoms with Crippen molar-refractivity contribution in [3.05, 3.63) is 78.0 Å². The molecule has 0 unspecified atom stereocenters. The van der Waals surface area contributed by atoms with Crippen molar-refractivity contribution in [3.63, 3.8) is 0 Å². The van der Waals surface area contributed by atoms with E-state index in [1.54, 1.807) is 17.3 Å². The molecule has 8 heteroatoms. The molecule has 4 N–H and O–H groups in total. The van der Waals surface area contributed by atoms with Crippen LogP contribution in [0.2, 0.25) is 0 Å². The first-order chi connectivity index (χ1) is 15.5. The van der Waals surface area contributed by atoms with Crippen LogP contribution in [0.3, 0.4) is 0 Å². The van der Waals surface area contributed by atoms with Gasteiger partial charge < -0.3 is 21.0 Å². The fraction of sp³-hybridized carbons (Fsp3) is 0.208. The zero-order chi connectivity index (χ0) is 22.5. The summed E-state index contributed by atoms with van der Waals surface area (Å²) in [6.45, 7) is 1.18. The summed E-state index contributed by atoms with van der Waals surface area (Å²) in [7, 11) is 0. The second-order valence-corrected chi connectivity index (χ2v) is 7.58. The van der Waals surface area contributed by atoms with Crippen LogP contribution in [0, 0.1) is 0 Å². The number of benzene rings is 2. The van der Waals surface area contributed by atoms with Crippen LogP contribution in [0.4, 0.5) is 4.79 Å². The van der Waals surface area contributed by atoms with Gasteiger partial charge >= 0.3 is 6.09 Å². The summed E-state index contributed by atoms with van der Waals surface area (Å²) in [6.07, 6.45) is 2.40. The number of amides is 2. The third-order valence-electron chi connectivity index (χ3n) is 5.44. The summed E-state index contributed by atoms with van der Waals surface area (Å²) >= 11 is 0. The van der Waals surface area contributed by atoms with E-state index >= 15 is 0 Å². The van der Waals surface area contributed by atoms with Gasteiger partial charge in [-0.25, -0.2) is 4.79 Å². The molecule has 1 aliphatic heterocycles. The van der Waals surface area contributed by atoms with Gasteiger partial charge in [-0.05, 0) is 60.7 Å². The largest absolute Gasteiger partial charge is 0.456 e. The maximum Gasteiger partial charge on any atom is 0.423 e. The van der Waals surface area contributed by atoms with E-state index in [-0.39, 0.29) is 5.92 Å². The lowest BCUT2D eigenvalue weighted by molar-refractivity contribution is -0.110. The number of aromatic nitrogens is 1. The first-order valence-electron chi connectivity index (χ1n) is 10.3. The van der Waals surface area contributed by atoms with Gasteiger partial charge in [0.15, 0.2) is 0 Å². The van der Waals surface area contributed by atoms with E-state index in [1.807, 2.05) is 54.6 Å². The van der Waals surface area contributed by atoms with Gasteiger partial charge in [-0.1, -0.05) is 24.3 Å². The number of hydrogen-bond acceptors (Lipinski definition) is 6. The minimum atomic E-state index is -0.803. The molecule has 3 aromatic rings. The van der Waals surface area contributed by atoms with E-state index in [9.17, 15) is 9.59 Å². The minimum Gasteiger partial charge on any atom is -0.456 e. The molecule has 4 rings (SSSR count). The third kappa shape index (κ3) is 5.04. The monoisotopic (exact) mass is 432 g/mol. The van der Waals surface area contributed by atoms with Gasteiger partial charge in [0.1, 0.15) is 11.5 Å². The second-order valence-electron chi connectivity index (χ2n) is 7.58. The number of nitrogens with two attached hydrogens (primary N) is 2. The van der Waals surface area contributed by atoms with Crippen molar-refractivity contribution in [2.75, 3.05) is 13.1 Å². The Balaban J connectivity index is 1.55. The Morgan fingerprint density at radius 1 is 0.938 bits per heavy atom. The van der Waals surface area contributed by atoms with Crippen LogP contribution in [-0.2, 0) is 4.84 Å². The van der Waals surface area contributed by atoms with Gasteiger partial charge in [-0.3, -0.25) is 9.78 Å². The highest BCUT2D eigenvalue weighted by Gasteiger charge is 2.24. The normalized spacial score (nSPS) is 14.6. The van der Waals surface area contributed by atoms with E-state index in [2.05, 4.69) is 4.98 Å². The van der Waals surface area contributed by atoms with Gasteiger partial charge in [-0.2, -0.15) is 0 Å². The average Bonchev–Trinajstić information content (AvgIpc) is 2.80. The number of hydrogen-bond donors (Lipinski definition) is 2. The molecule has 2 heterocycles. The highest BCUT2D eigenvalue weighted by Crippen LogP contribution is 2.33. The number of para-hydroxylation sites is 1. The van der Waals surface area contributed by atoms with Crippen LogP contribution in [-0.4, -0.2) is 35.1 Å². The van der Waals surface area contributed by atoms with Gasteiger partial charge in [-0.15, -0.1) is 5.06 Å². The lowest BCUT2D eigenvalue weighted by Crippen LogP contribution is -2.36. The topological polar surface area (TPSA) is 121 Å². The smallest absolute Gasteiger partial charge is 0.423 e. The average molecular weight is 432 g/mol. The SMILES string of the molecule is NC(=O)ON1CCC(c2ccc(C(N)=O)c(-c3ccc(Oc4ccccc4)cn3)c2)CC1. The Labute approximate surface area is 185 Å². The molecule has 0 bridgehead atoms. The number of pyridine rings is 1. The van der Waals surface area contributed by atoms with Crippen LogP contribution in [0.15, 0.2) is 66.9 Å². The summed E-state index contributed by atoms with van der Waals surface area (Å²) in [6, 6.07) is 18.7. The van der Waals surface area contributed by atoms with Gasteiger partial charge in [0.05, 0.1) is 11.9 Å². The number of hydroxylamine groups is 2. The molecule has 0 aliphatic carbocycles. The predicted molar refractivity (Wildman–Crippen MR) is 119 cm³/mol. The quantitative estimate of drug-likeness (QED) is 0.611. The zero-order valence-corrected chi connectivity index (χ0v) is 17.4. The number of carbonyl (C=O) groups is 2. The molecule has 0 saturated carbocycles. The number of nitrogens with zero attached hydrogens (tertiary/aromatic N) is 2. The molecule has 0 spiro atoms. The Kier molecular flexibility index (Phi) is 6.32. The Morgan fingerprint density at radius 3 is 2.31 bits per heavy atom. The van der Waals surface area contributed by atoms with Crippen molar-refractivity contribution in [2.45, 2.75) is 18.8 Å². The number of piperidine rings is 1. The number of rotatable bonds is 6. The summed E-state index contributed by atoms with van der Waals surface area (Å²) in [4.78, 5) is 32.5. The highest BCUT2D eigenvalue weighted by molar-refractivity contribution is 5.99. The molecule has 1 saturated heterocycles. The molecule has 2 aromatic carbocycles. The minimum absolute atomic E-state index is 0.254. The number of primary amides is 2. The van der Waals surface area contributed by atoms with E-state index in [0.29, 0.717) is 41.4 Å². The molecular formula is C24H24N4O4. The second kappa shape index (κ2) is 9.49. The van der Waals surface area contributed by atoms with E-state index < -0.39 is 12.0 Å². The molecule has 8 nitrogen and oxygen atoms in total. The Bertz CT molecular complexity index is 1090. The van der Waals surface area contributed by atoms with Gasteiger partial charge in [0.2, 0.25) is 5.91 Å². The highest BCUT2D eigenvalue weighted by atomic mass is 16.7. The fourth-order valence-electron chi connectivity index (χ4n) is 3.87. The standard InChI is InChI=1S/C24H24N4O4/c25-23(29)20-8-6-17(16-10-12-28(13-11-16)32-24(26)30)14-21(20)22-9-7-19(15-27-22)31-18-4-2-1-3-5-18/h1-9,14-16H,10-13H2,(H2,25,29)(H2,26,30). The van der Waals surface area contributed by atoms with Crippen molar-refractivity contribution in [2.24, 2.45) is 11.5 Å². The molecule has 1 aromatic heterocycles. The molecule has 1 fully saturated rings. The Hall–Kier alpha value is -3.91. The number of ether oxygens (including phenoxy) is 1. The van der Waals surface area contributed by atoms with E-state index in [1.165, 1.54) is 0 Å². The van der Waals surface area contributed by atoms with Crippen LogP contribution < -0.4 is 16.2 Å². The van der Waals surface area contributed by atoms with Gasteiger partial charge in [0.25, 0.3) is 0 Å². The van der Waals surface area contributed by atoms with Crippen LogP contribution in [0.25, 0.3) is 11.3 Å². The van der Waals surface area contributed by atoms with Crippen molar-refractivity contribution >= 4 is 12.0 Å². The fourth-order valence-corrected chi connectivity index (χ4v) is 3.87. The first-order valence-corrected chi connectivity index (χ1v) is 10.3. The predicted octanol–water partition coefficient (Wildman–Crippen LogP) is 3.83.